The molecule has 0 spiro atoms. The van der Waals surface area contributed by atoms with Crippen LogP contribution in [-0.2, 0) is 11.2 Å². The van der Waals surface area contributed by atoms with Gasteiger partial charge in [-0.3, -0.25) is 9.59 Å². The molecule has 1 saturated heterocycles. The van der Waals surface area contributed by atoms with Crippen LogP contribution in [0.3, 0.4) is 0 Å². The third-order valence-electron chi connectivity index (χ3n) is 6.48. The van der Waals surface area contributed by atoms with Gasteiger partial charge in [0, 0.05) is 44.3 Å². The van der Waals surface area contributed by atoms with Gasteiger partial charge in [-0.1, -0.05) is 37.3 Å². The molecule has 6 nitrogen and oxygen atoms in total. The highest BCUT2D eigenvalue weighted by atomic mass is 35.5. The lowest BCUT2D eigenvalue weighted by Gasteiger charge is -2.35. The maximum absolute atomic E-state index is 13.2. The number of likely N-dealkylation sites (tertiary alicyclic amines) is 1. The summed E-state index contributed by atoms with van der Waals surface area (Å²) in [6.45, 7) is 6.33. The van der Waals surface area contributed by atoms with E-state index in [1.54, 1.807) is 20.1 Å². The average molecular weight is 474 g/mol. The van der Waals surface area contributed by atoms with Crippen LogP contribution in [0.25, 0.3) is 0 Å². The van der Waals surface area contributed by atoms with Gasteiger partial charge in [0.25, 0.3) is 5.91 Å². The van der Waals surface area contributed by atoms with Gasteiger partial charge in [0.2, 0.25) is 5.91 Å². The quantitative estimate of drug-likeness (QED) is 0.554. The van der Waals surface area contributed by atoms with E-state index in [1.165, 1.54) is 10.5 Å². The molecule has 0 radical (unpaired) electrons. The molecule has 0 saturated carbocycles. The van der Waals surface area contributed by atoms with E-state index >= 15 is 0 Å². The lowest BCUT2D eigenvalue weighted by atomic mass is 10.0. The van der Waals surface area contributed by atoms with Crippen LogP contribution in [0.2, 0.25) is 0 Å². The van der Waals surface area contributed by atoms with E-state index in [-0.39, 0.29) is 24.2 Å². The molecule has 1 unspecified atom stereocenters. The molecule has 0 aliphatic carbocycles. The zero-order valence-electron chi connectivity index (χ0n) is 20.1. The van der Waals surface area contributed by atoms with Crippen molar-refractivity contribution in [1.82, 2.24) is 4.90 Å². The van der Waals surface area contributed by atoms with Crippen molar-refractivity contribution in [2.75, 3.05) is 39.1 Å². The number of piperidine rings is 1. The molecule has 2 aromatic rings. The van der Waals surface area contributed by atoms with Gasteiger partial charge in [-0.15, -0.1) is 0 Å². The number of hydrogen-bond acceptors (Lipinski definition) is 3. The Hall–Kier alpha value is -2.57. The van der Waals surface area contributed by atoms with Crippen LogP contribution in [0.1, 0.15) is 47.7 Å². The van der Waals surface area contributed by atoms with E-state index in [4.69, 9.17) is 4.74 Å². The van der Waals surface area contributed by atoms with Gasteiger partial charge in [-0.05, 0) is 30.2 Å². The van der Waals surface area contributed by atoms with Gasteiger partial charge in [-0.2, -0.15) is 0 Å². The predicted molar refractivity (Wildman–Crippen MR) is 127 cm³/mol. The van der Waals surface area contributed by atoms with Crippen LogP contribution in [0.4, 0.5) is 5.69 Å². The first-order chi connectivity index (χ1) is 15.4. The zero-order chi connectivity index (χ0) is 23.1. The van der Waals surface area contributed by atoms with Crippen LogP contribution < -0.4 is 27.4 Å². The number of amides is 2. The first-order valence-electron chi connectivity index (χ1n) is 11.6. The molecule has 0 bridgehead atoms. The second-order valence-electron chi connectivity index (χ2n) is 8.67. The number of quaternary nitrogens is 1. The van der Waals surface area contributed by atoms with E-state index in [0.29, 0.717) is 29.5 Å². The Balaban J connectivity index is 0.00000385. The molecule has 33 heavy (non-hydrogen) atoms. The van der Waals surface area contributed by atoms with Crippen LogP contribution in [-0.4, -0.2) is 56.5 Å². The number of rotatable bonds is 8. The zero-order valence-corrected chi connectivity index (χ0v) is 20.9. The van der Waals surface area contributed by atoms with Crippen LogP contribution >= 0.6 is 0 Å². The Kier molecular flexibility index (Phi) is 10.2. The summed E-state index contributed by atoms with van der Waals surface area (Å²) >= 11 is 0. The number of methoxy groups -OCH3 is 1. The van der Waals surface area contributed by atoms with E-state index in [0.717, 1.165) is 44.5 Å². The van der Waals surface area contributed by atoms with Gasteiger partial charge in [-0.25, -0.2) is 0 Å². The number of anilines is 1. The molecule has 1 aliphatic rings. The van der Waals surface area contributed by atoms with Crippen LogP contribution in [0.5, 0.6) is 5.75 Å². The van der Waals surface area contributed by atoms with Crippen molar-refractivity contribution < 1.29 is 31.6 Å². The minimum Gasteiger partial charge on any atom is -1.00 e. The molecule has 1 fully saturated rings. The second-order valence-corrected chi connectivity index (χ2v) is 8.67. The molecule has 1 atom stereocenters. The number of carbonyl (C=O) groups excluding carboxylic acids is 2. The Morgan fingerprint density at radius 3 is 2.42 bits per heavy atom. The van der Waals surface area contributed by atoms with Crippen molar-refractivity contribution in [3.8, 4) is 5.75 Å². The topological polar surface area (TPSA) is 63.1 Å². The van der Waals surface area contributed by atoms with Crippen molar-refractivity contribution in [2.45, 2.75) is 45.6 Å². The maximum atomic E-state index is 13.2. The summed E-state index contributed by atoms with van der Waals surface area (Å²) in [7, 11) is 3.83. The highest BCUT2D eigenvalue weighted by Gasteiger charge is 2.28. The van der Waals surface area contributed by atoms with Gasteiger partial charge < -0.3 is 32.3 Å². The fourth-order valence-electron chi connectivity index (χ4n) is 4.38. The molecular weight excluding hydrogens is 438 g/mol. The number of carbonyl (C=O) groups is 2. The summed E-state index contributed by atoms with van der Waals surface area (Å²) in [5.41, 5.74) is 3.45. The summed E-state index contributed by atoms with van der Waals surface area (Å²) in [5.74, 6) is 0.474. The molecule has 180 valence electrons. The number of benzene rings is 2. The van der Waals surface area contributed by atoms with Gasteiger partial charge in [0.15, 0.2) is 0 Å². The number of hydrogen-bond donors (Lipinski definition) is 2. The lowest BCUT2D eigenvalue weighted by molar-refractivity contribution is -0.907. The van der Waals surface area contributed by atoms with Gasteiger partial charge in [0.05, 0.1) is 32.4 Å². The number of aryl methyl sites for hydroxylation is 1. The van der Waals surface area contributed by atoms with Crippen molar-refractivity contribution in [3.63, 3.8) is 0 Å². The highest BCUT2D eigenvalue weighted by Crippen LogP contribution is 2.31. The second kappa shape index (κ2) is 12.6. The number of likely N-dealkylation sites (N-methyl/N-ethyl adjacent to an activating group) is 1. The standard InChI is InChI=1S/C26H35N3O3.ClH/c1-5-24(30)27-25-19(2)17-21(18-23(25)32-4)26(31)29-15-12-22(13-16-29)28(3)14-11-20-9-7-6-8-10-20;/h6-10,17-18,22H,5,11-16H2,1-4H3,(H,27,30);1H. The molecule has 7 heteroatoms. The summed E-state index contributed by atoms with van der Waals surface area (Å²) in [6.07, 6.45) is 3.48. The van der Waals surface area contributed by atoms with E-state index in [9.17, 15) is 9.59 Å². The fraction of sp³-hybridized carbons (Fsp3) is 0.462. The normalized spacial score (nSPS) is 14.8. The van der Waals surface area contributed by atoms with E-state index in [1.807, 2.05) is 17.9 Å². The monoisotopic (exact) mass is 473 g/mol. The third-order valence-corrected chi connectivity index (χ3v) is 6.48. The molecule has 3 rings (SSSR count). The van der Waals surface area contributed by atoms with Gasteiger partial charge in [0.1, 0.15) is 5.75 Å². The van der Waals surface area contributed by atoms with Crippen molar-refractivity contribution in [1.29, 1.82) is 0 Å². The van der Waals surface area contributed by atoms with Crippen molar-refractivity contribution in [3.05, 3.63) is 59.2 Å². The predicted octanol–water partition coefficient (Wildman–Crippen LogP) is -0.282. The number of nitrogens with zero attached hydrogens (tertiary/aromatic N) is 1. The minimum absolute atomic E-state index is 0. The smallest absolute Gasteiger partial charge is 0.254 e. The van der Waals surface area contributed by atoms with Crippen LogP contribution in [0.15, 0.2) is 42.5 Å². The molecule has 1 aliphatic heterocycles. The molecule has 2 aromatic carbocycles. The SMILES string of the molecule is CCC(=O)Nc1c(C)cc(C(=O)N2CCC([NH+](C)CCc3ccccc3)CC2)cc1OC.[Cl-]. The van der Waals surface area contributed by atoms with Gasteiger partial charge >= 0.3 is 0 Å². The molecule has 0 aromatic heterocycles. The molecule has 1 heterocycles. The summed E-state index contributed by atoms with van der Waals surface area (Å²) in [4.78, 5) is 28.5. The van der Waals surface area contributed by atoms with Crippen molar-refractivity contribution in [2.24, 2.45) is 0 Å². The number of ether oxygens (including phenoxy) is 1. The number of nitrogens with one attached hydrogen (secondary N) is 2. The van der Waals surface area contributed by atoms with Crippen molar-refractivity contribution >= 4 is 17.5 Å². The Labute approximate surface area is 203 Å². The summed E-state index contributed by atoms with van der Waals surface area (Å²) in [5, 5.41) is 2.88. The third kappa shape index (κ3) is 6.95. The highest BCUT2D eigenvalue weighted by molar-refractivity contribution is 5.98. The van der Waals surface area contributed by atoms with Crippen LogP contribution in [0, 0.1) is 6.92 Å². The van der Waals surface area contributed by atoms with E-state index < -0.39 is 0 Å². The lowest BCUT2D eigenvalue weighted by Crippen LogP contribution is -3.13. The number of halogens is 1. The molecular formula is C26H36ClN3O3. The van der Waals surface area contributed by atoms with E-state index in [2.05, 4.69) is 42.7 Å². The molecule has 2 amide bonds. The minimum atomic E-state index is -0.0774. The average Bonchev–Trinajstić information content (AvgIpc) is 2.83. The maximum Gasteiger partial charge on any atom is 0.254 e. The molecule has 2 N–H and O–H groups in total. The summed E-state index contributed by atoms with van der Waals surface area (Å²) in [6, 6.07) is 14.8. The fourth-order valence-corrected chi connectivity index (χ4v) is 4.38. The first-order valence-corrected chi connectivity index (χ1v) is 11.6. The largest absolute Gasteiger partial charge is 1.00 e. The Morgan fingerprint density at radius 1 is 1.15 bits per heavy atom. The first kappa shape index (κ1) is 26.7. The summed E-state index contributed by atoms with van der Waals surface area (Å²) < 4.78 is 5.47. The Bertz CT molecular complexity index is 928. The Morgan fingerprint density at radius 2 is 1.82 bits per heavy atom.